The molecule has 1 fully saturated rings. The van der Waals surface area contributed by atoms with Crippen LogP contribution in [0, 0.1) is 17.2 Å². The van der Waals surface area contributed by atoms with Crippen LogP contribution >= 0.6 is 0 Å². The molecule has 3 N–H and O–H groups in total. The molecule has 0 radical (unpaired) electrons. The highest BCUT2D eigenvalue weighted by atomic mass is 16.1. The van der Waals surface area contributed by atoms with Gasteiger partial charge in [-0.2, -0.15) is 10.2 Å². The Morgan fingerprint density at radius 1 is 1.43 bits per heavy atom. The van der Waals surface area contributed by atoms with Gasteiger partial charge >= 0.3 is 0 Å². The van der Waals surface area contributed by atoms with Gasteiger partial charge in [0.15, 0.2) is 0 Å². The molecular formula is C14H16N6O. The Bertz CT molecular complexity index is 762. The Kier molecular flexibility index (Phi) is 3.44. The summed E-state index contributed by atoms with van der Waals surface area (Å²) in [6, 6.07) is 4.17. The van der Waals surface area contributed by atoms with Crippen molar-refractivity contribution in [2.75, 3.05) is 17.7 Å². The minimum absolute atomic E-state index is 0.0185. The standard InChI is InChI=1S/C14H16N6O/c1-16-14-19-11-9(5-6-17-13(11)21)12(20-14)18-10-4-2-3-8(10)7-15/h5-6,8,10H,2-4H2,1H3,(H,17,21)(H2,16,18,19,20). The molecule has 2 unspecified atom stereocenters. The van der Waals surface area contributed by atoms with Gasteiger partial charge in [0.2, 0.25) is 5.95 Å². The van der Waals surface area contributed by atoms with Gasteiger partial charge in [-0.05, 0) is 25.3 Å². The summed E-state index contributed by atoms with van der Waals surface area (Å²) in [6.07, 6.45) is 4.44. The third kappa shape index (κ3) is 2.40. The van der Waals surface area contributed by atoms with Crippen LogP contribution in [0.25, 0.3) is 10.9 Å². The van der Waals surface area contributed by atoms with E-state index in [0.717, 1.165) is 19.3 Å². The molecule has 108 valence electrons. The molecule has 0 aromatic carbocycles. The fraction of sp³-hybridized carbons (Fsp3) is 0.429. The number of rotatable bonds is 3. The van der Waals surface area contributed by atoms with Crippen LogP contribution < -0.4 is 16.2 Å². The fourth-order valence-electron chi connectivity index (χ4n) is 2.75. The quantitative estimate of drug-likeness (QED) is 0.788. The zero-order chi connectivity index (χ0) is 14.8. The van der Waals surface area contributed by atoms with E-state index < -0.39 is 0 Å². The molecule has 1 saturated carbocycles. The van der Waals surface area contributed by atoms with E-state index in [0.29, 0.717) is 22.7 Å². The Hall–Kier alpha value is -2.62. The predicted molar refractivity (Wildman–Crippen MR) is 80.1 cm³/mol. The molecule has 7 heteroatoms. The second-order valence-corrected chi connectivity index (χ2v) is 5.13. The molecule has 3 rings (SSSR count). The van der Waals surface area contributed by atoms with Crippen LogP contribution in [0.1, 0.15) is 19.3 Å². The van der Waals surface area contributed by atoms with Crippen LogP contribution in [0.15, 0.2) is 17.1 Å². The smallest absolute Gasteiger partial charge is 0.274 e. The third-order valence-corrected chi connectivity index (χ3v) is 3.85. The van der Waals surface area contributed by atoms with Gasteiger partial charge in [-0.25, -0.2) is 4.98 Å². The van der Waals surface area contributed by atoms with Crippen molar-refractivity contribution in [3.05, 3.63) is 22.6 Å². The second-order valence-electron chi connectivity index (χ2n) is 5.13. The van der Waals surface area contributed by atoms with Crippen LogP contribution in [-0.4, -0.2) is 28.0 Å². The third-order valence-electron chi connectivity index (χ3n) is 3.85. The van der Waals surface area contributed by atoms with E-state index in [-0.39, 0.29) is 17.5 Å². The summed E-state index contributed by atoms with van der Waals surface area (Å²) in [5.74, 6) is 0.964. The fourth-order valence-corrected chi connectivity index (χ4v) is 2.75. The lowest BCUT2D eigenvalue weighted by atomic mass is 10.1. The van der Waals surface area contributed by atoms with Gasteiger partial charge in [0.1, 0.15) is 11.3 Å². The highest BCUT2D eigenvalue weighted by Crippen LogP contribution is 2.29. The van der Waals surface area contributed by atoms with Gasteiger partial charge in [0.25, 0.3) is 5.56 Å². The summed E-state index contributed by atoms with van der Waals surface area (Å²) in [5.41, 5.74) is 0.0866. The molecule has 2 atom stereocenters. The molecule has 7 nitrogen and oxygen atoms in total. The predicted octanol–water partition coefficient (Wildman–Crippen LogP) is 1.46. The van der Waals surface area contributed by atoms with E-state index in [9.17, 15) is 10.1 Å². The zero-order valence-corrected chi connectivity index (χ0v) is 11.7. The van der Waals surface area contributed by atoms with Crippen molar-refractivity contribution in [2.24, 2.45) is 5.92 Å². The normalized spacial score (nSPS) is 21.1. The maximum atomic E-state index is 11.9. The van der Waals surface area contributed by atoms with Gasteiger partial charge in [0.05, 0.1) is 12.0 Å². The van der Waals surface area contributed by atoms with Gasteiger partial charge < -0.3 is 15.6 Å². The molecule has 0 amide bonds. The SMILES string of the molecule is CNc1nc(NC2CCCC2C#N)c2cc[nH]c(=O)c2n1. The number of H-pyrrole nitrogens is 1. The summed E-state index contributed by atoms with van der Waals surface area (Å²) < 4.78 is 0. The first-order valence-corrected chi connectivity index (χ1v) is 6.96. The topological polar surface area (TPSA) is 106 Å². The monoisotopic (exact) mass is 284 g/mol. The van der Waals surface area contributed by atoms with Crippen LogP contribution in [0.4, 0.5) is 11.8 Å². The van der Waals surface area contributed by atoms with Gasteiger partial charge in [-0.15, -0.1) is 0 Å². The minimum atomic E-state index is -0.252. The Balaban J connectivity index is 2.07. The van der Waals surface area contributed by atoms with Crippen molar-refractivity contribution in [1.82, 2.24) is 15.0 Å². The van der Waals surface area contributed by atoms with Crippen LogP contribution in [0.2, 0.25) is 0 Å². The molecule has 2 aromatic heterocycles. The first kappa shape index (κ1) is 13.4. The van der Waals surface area contributed by atoms with Gasteiger partial charge in [-0.1, -0.05) is 0 Å². The lowest BCUT2D eigenvalue weighted by Crippen LogP contribution is -2.24. The number of nitriles is 1. The summed E-state index contributed by atoms with van der Waals surface area (Å²) in [6.45, 7) is 0. The Morgan fingerprint density at radius 2 is 2.29 bits per heavy atom. The van der Waals surface area contributed by atoms with E-state index in [1.54, 1.807) is 19.3 Å². The summed E-state index contributed by atoms with van der Waals surface area (Å²) in [5, 5.41) is 16.0. The number of pyridine rings is 1. The number of aromatic amines is 1. The molecule has 0 bridgehead atoms. The summed E-state index contributed by atoms with van der Waals surface area (Å²) >= 11 is 0. The summed E-state index contributed by atoms with van der Waals surface area (Å²) in [7, 11) is 1.70. The van der Waals surface area contributed by atoms with E-state index in [1.807, 2.05) is 0 Å². The molecule has 0 aliphatic heterocycles. The number of anilines is 2. The van der Waals surface area contributed by atoms with E-state index in [1.165, 1.54) is 0 Å². The Morgan fingerprint density at radius 3 is 3.05 bits per heavy atom. The first-order chi connectivity index (χ1) is 10.2. The second kappa shape index (κ2) is 5.40. The minimum Gasteiger partial charge on any atom is -0.365 e. The molecule has 0 spiro atoms. The number of aromatic nitrogens is 3. The van der Waals surface area contributed by atoms with Gasteiger partial charge in [-0.3, -0.25) is 4.79 Å². The number of fused-ring (bicyclic) bond motifs is 1. The van der Waals surface area contributed by atoms with Crippen molar-refractivity contribution in [3.63, 3.8) is 0 Å². The number of hydrogen-bond acceptors (Lipinski definition) is 6. The molecule has 21 heavy (non-hydrogen) atoms. The zero-order valence-electron chi connectivity index (χ0n) is 11.7. The molecule has 1 aliphatic rings. The van der Waals surface area contributed by atoms with Gasteiger partial charge in [0, 0.05) is 24.7 Å². The number of nitrogens with one attached hydrogen (secondary N) is 3. The van der Waals surface area contributed by atoms with Crippen LogP contribution in [0.5, 0.6) is 0 Å². The highest BCUT2D eigenvalue weighted by molar-refractivity contribution is 5.89. The highest BCUT2D eigenvalue weighted by Gasteiger charge is 2.28. The summed E-state index contributed by atoms with van der Waals surface area (Å²) in [4.78, 5) is 23.1. The van der Waals surface area contributed by atoms with Crippen molar-refractivity contribution in [3.8, 4) is 6.07 Å². The van der Waals surface area contributed by atoms with Crippen molar-refractivity contribution in [1.29, 1.82) is 5.26 Å². The largest absolute Gasteiger partial charge is 0.365 e. The Labute approximate surface area is 121 Å². The van der Waals surface area contributed by atoms with E-state index in [4.69, 9.17) is 0 Å². The molecular weight excluding hydrogens is 268 g/mol. The van der Waals surface area contributed by atoms with Crippen LogP contribution in [-0.2, 0) is 0 Å². The average Bonchev–Trinajstić information content (AvgIpc) is 2.95. The molecule has 0 saturated heterocycles. The molecule has 2 heterocycles. The first-order valence-electron chi connectivity index (χ1n) is 6.96. The van der Waals surface area contributed by atoms with Crippen molar-refractivity contribution >= 4 is 22.7 Å². The lowest BCUT2D eigenvalue weighted by molar-refractivity contribution is 0.628. The maximum Gasteiger partial charge on any atom is 0.274 e. The van der Waals surface area contributed by atoms with Crippen molar-refractivity contribution in [2.45, 2.75) is 25.3 Å². The van der Waals surface area contributed by atoms with E-state index in [2.05, 4.69) is 31.7 Å². The lowest BCUT2D eigenvalue weighted by Gasteiger charge is -2.17. The van der Waals surface area contributed by atoms with Crippen LogP contribution in [0.3, 0.4) is 0 Å². The number of hydrogen-bond donors (Lipinski definition) is 3. The average molecular weight is 284 g/mol. The maximum absolute atomic E-state index is 11.9. The number of nitrogens with zero attached hydrogens (tertiary/aromatic N) is 3. The molecule has 1 aliphatic carbocycles. The molecule has 2 aromatic rings. The van der Waals surface area contributed by atoms with E-state index >= 15 is 0 Å². The van der Waals surface area contributed by atoms with Crippen molar-refractivity contribution < 1.29 is 0 Å².